The van der Waals surface area contributed by atoms with Crippen LogP contribution in [0, 0.1) is 5.41 Å². The van der Waals surface area contributed by atoms with Crippen LogP contribution in [0.5, 0.6) is 5.75 Å². The zero-order chi connectivity index (χ0) is 13.3. The predicted molar refractivity (Wildman–Crippen MR) is 79.0 cm³/mol. The predicted octanol–water partition coefficient (Wildman–Crippen LogP) is 2.66. The van der Waals surface area contributed by atoms with Crippen molar-refractivity contribution >= 4 is 5.69 Å². The third kappa shape index (κ3) is 2.57. The summed E-state index contributed by atoms with van der Waals surface area (Å²) in [6, 6.07) is 8.46. The van der Waals surface area contributed by atoms with Crippen molar-refractivity contribution in [1.82, 2.24) is 5.32 Å². The summed E-state index contributed by atoms with van der Waals surface area (Å²) >= 11 is 0. The van der Waals surface area contributed by atoms with Gasteiger partial charge in [0.2, 0.25) is 0 Å². The van der Waals surface area contributed by atoms with Crippen LogP contribution in [0.4, 0.5) is 5.69 Å². The highest BCUT2D eigenvalue weighted by atomic mass is 16.5. The molecule has 0 saturated carbocycles. The Labute approximate surface area is 115 Å². The topological polar surface area (TPSA) is 24.5 Å². The fourth-order valence-corrected chi connectivity index (χ4v) is 3.36. The Hall–Kier alpha value is -1.22. The number of para-hydroxylation sites is 2. The molecule has 0 bridgehead atoms. The van der Waals surface area contributed by atoms with Crippen molar-refractivity contribution in [2.24, 2.45) is 5.41 Å². The fraction of sp³-hybridized carbons (Fsp3) is 0.625. The largest absolute Gasteiger partial charge is 0.489 e. The maximum atomic E-state index is 5.95. The number of ether oxygens (including phenoxy) is 1. The van der Waals surface area contributed by atoms with Gasteiger partial charge < -0.3 is 15.0 Å². The fourth-order valence-electron chi connectivity index (χ4n) is 3.36. The normalized spacial score (nSPS) is 26.6. The number of rotatable bonds is 3. The van der Waals surface area contributed by atoms with Crippen LogP contribution in [0.1, 0.15) is 26.7 Å². The number of benzene rings is 1. The van der Waals surface area contributed by atoms with E-state index in [9.17, 15) is 0 Å². The van der Waals surface area contributed by atoms with Gasteiger partial charge in [-0.3, -0.25) is 0 Å². The molecule has 3 heteroatoms. The summed E-state index contributed by atoms with van der Waals surface area (Å²) in [5.41, 5.74) is 1.77. The molecule has 1 aromatic carbocycles. The molecule has 0 amide bonds. The lowest BCUT2D eigenvalue weighted by atomic mass is 9.86. The molecule has 104 valence electrons. The van der Waals surface area contributed by atoms with Crippen LogP contribution in [0.2, 0.25) is 0 Å². The van der Waals surface area contributed by atoms with Crippen LogP contribution in [-0.4, -0.2) is 32.3 Å². The Bertz CT molecular complexity index is 438. The van der Waals surface area contributed by atoms with Gasteiger partial charge >= 0.3 is 0 Å². The lowest BCUT2D eigenvalue weighted by Crippen LogP contribution is -2.29. The van der Waals surface area contributed by atoms with Gasteiger partial charge in [-0.2, -0.15) is 0 Å². The Morgan fingerprint density at radius 3 is 2.84 bits per heavy atom. The lowest BCUT2D eigenvalue weighted by Gasteiger charge is -2.26. The van der Waals surface area contributed by atoms with Gasteiger partial charge in [-0.15, -0.1) is 0 Å². The first kappa shape index (κ1) is 12.8. The Morgan fingerprint density at radius 1 is 1.26 bits per heavy atom. The Balaban J connectivity index is 1.79. The first-order valence-corrected chi connectivity index (χ1v) is 7.40. The van der Waals surface area contributed by atoms with Crippen molar-refractivity contribution in [2.75, 3.05) is 31.1 Å². The van der Waals surface area contributed by atoms with Crippen LogP contribution >= 0.6 is 0 Å². The summed E-state index contributed by atoms with van der Waals surface area (Å²) in [5.74, 6) is 1.03. The molecule has 2 aliphatic heterocycles. The number of nitrogens with zero attached hydrogens (tertiary/aromatic N) is 1. The molecule has 0 aliphatic carbocycles. The third-order valence-corrected chi connectivity index (χ3v) is 4.34. The molecule has 1 aromatic rings. The molecule has 1 atom stereocenters. The number of hydrogen-bond donors (Lipinski definition) is 1. The van der Waals surface area contributed by atoms with Crippen LogP contribution in [0.3, 0.4) is 0 Å². The average molecular weight is 260 g/mol. The zero-order valence-corrected chi connectivity index (χ0v) is 12.0. The van der Waals surface area contributed by atoms with E-state index in [0.29, 0.717) is 5.41 Å². The van der Waals surface area contributed by atoms with Crippen molar-refractivity contribution < 1.29 is 4.74 Å². The lowest BCUT2D eigenvalue weighted by molar-refractivity contribution is 0.243. The van der Waals surface area contributed by atoms with E-state index in [1.165, 1.54) is 38.2 Å². The molecule has 3 nitrogen and oxygen atoms in total. The van der Waals surface area contributed by atoms with Crippen molar-refractivity contribution in [3.8, 4) is 5.75 Å². The van der Waals surface area contributed by atoms with Crippen molar-refractivity contribution in [3.63, 3.8) is 0 Å². The van der Waals surface area contributed by atoms with E-state index in [0.717, 1.165) is 12.3 Å². The van der Waals surface area contributed by atoms with Crippen LogP contribution in [-0.2, 0) is 0 Å². The Morgan fingerprint density at radius 2 is 2.11 bits per heavy atom. The van der Waals surface area contributed by atoms with Crippen LogP contribution in [0.15, 0.2) is 24.3 Å². The van der Waals surface area contributed by atoms with Gasteiger partial charge in [-0.05, 0) is 45.4 Å². The van der Waals surface area contributed by atoms with Crippen LogP contribution in [0.25, 0.3) is 0 Å². The molecule has 2 heterocycles. The highest BCUT2D eigenvalue weighted by Crippen LogP contribution is 2.40. The van der Waals surface area contributed by atoms with Gasteiger partial charge in [0.1, 0.15) is 5.75 Å². The molecule has 1 N–H and O–H groups in total. The zero-order valence-electron chi connectivity index (χ0n) is 12.0. The molecular formula is C16H24N2O. The van der Waals surface area contributed by atoms with E-state index in [-0.39, 0.29) is 6.10 Å². The number of nitrogens with one attached hydrogen (secondary N) is 1. The maximum absolute atomic E-state index is 5.95. The highest BCUT2D eigenvalue weighted by Gasteiger charge is 2.40. The summed E-state index contributed by atoms with van der Waals surface area (Å²) in [6.45, 7) is 8.85. The van der Waals surface area contributed by atoms with E-state index in [4.69, 9.17) is 4.74 Å². The first-order valence-electron chi connectivity index (χ1n) is 7.40. The van der Waals surface area contributed by atoms with Gasteiger partial charge in [0.25, 0.3) is 0 Å². The minimum Gasteiger partial charge on any atom is -0.489 e. The van der Waals surface area contributed by atoms with E-state index >= 15 is 0 Å². The van der Waals surface area contributed by atoms with Gasteiger partial charge in [0.05, 0.1) is 11.8 Å². The van der Waals surface area contributed by atoms with Gasteiger partial charge in [0, 0.05) is 25.0 Å². The minimum atomic E-state index is 0.228. The molecular weight excluding hydrogens is 236 g/mol. The van der Waals surface area contributed by atoms with E-state index in [2.05, 4.69) is 48.3 Å². The van der Waals surface area contributed by atoms with Gasteiger partial charge in [-0.25, -0.2) is 0 Å². The highest BCUT2D eigenvalue weighted by molar-refractivity contribution is 5.59. The molecule has 2 aliphatic rings. The second-order valence-corrected chi connectivity index (χ2v) is 6.23. The first-order chi connectivity index (χ1) is 9.19. The molecule has 0 radical (unpaired) electrons. The smallest absolute Gasteiger partial charge is 0.142 e. The van der Waals surface area contributed by atoms with Gasteiger partial charge in [-0.1, -0.05) is 12.1 Å². The molecule has 2 saturated heterocycles. The van der Waals surface area contributed by atoms with E-state index in [1.54, 1.807) is 0 Å². The molecule has 2 fully saturated rings. The summed E-state index contributed by atoms with van der Waals surface area (Å²) in [5, 5.41) is 3.52. The maximum Gasteiger partial charge on any atom is 0.142 e. The summed E-state index contributed by atoms with van der Waals surface area (Å²) < 4.78 is 5.95. The molecule has 1 unspecified atom stereocenters. The summed E-state index contributed by atoms with van der Waals surface area (Å²) in [4.78, 5) is 2.50. The summed E-state index contributed by atoms with van der Waals surface area (Å²) in [6.07, 6.45) is 2.85. The Kier molecular flexibility index (Phi) is 3.40. The molecule has 1 spiro atoms. The number of anilines is 1. The van der Waals surface area contributed by atoms with Crippen LogP contribution < -0.4 is 15.0 Å². The third-order valence-electron chi connectivity index (χ3n) is 4.34. The van der Waals surface area contributed by atoms with Crippen molar-refractivity contribution in [3.05, 3.63) is 24.3 Å². The second kappa shape index (κ2) is 5.04. The molecule has 0 aromatic heterocycles. The average Bonchev–Trinajstić information content (AvgIpc) is 3.01. The second-order valence-electron chi connectivity index (χ2n) is 6.23. The summed E-state index contributed by atoms with van der Waals surface area (Å²) in [7, 11) is 0. The molecule has 3 rings (SSSR count). The SMILES string of the molecule is CC(C)Oc1ccccc1N1CCC2(CCNC2)C1. The standard InChI is InChI=1S/C16H24N2O/c1-13(2)19-15-6-4-3-5-14(15)18-10-8-16(12-18)7-9-17-11-16/h3-6,13,17H,7-12H2,1-2H3. The van der Waals surface area contributed by atoms with Gasteiger partial charge in [0.15, 0.2) is 0 Å². The quantitative estimate of drug-likeness (QED) is 0.904. The van der Waals surface area contributed by atoms with Crippen molar-refractivity contribution in [1.29, 1.82) is 0 Å². The monoisotopic (exact) mass is 260 g/mol. The van der Waals surface area contributed by atoms with Crippen molar-refractivity contribution in [2.45, 2.75) is 32.8 Å². The van der Waals surface area contributed by atoms with E-state index in [1.807, 2.05) is 0 Å². The molecule has 19 heavy (non-hydrogen) atoms. The van der Waals surface area contributed by atoms with E-state index < -0.39 is 0 Å². The minimum absolute atomic E-state index is 0.228. The number of hydrogen-bond acceptors (Lipinski definition) is 3.